The van der Waals surface area contributed by atoms with E-state index in [2.05, 4.69) is 34.1 Å². The van der Waals surface area contributed by atoms with E-state index in [1.54, 1.807) is 6.20 Å². The Morgan fingerprint density at radius 1 is 1.14 bits per heavy atom. The SMILES string of the molecule is CC[C@@H](C)n1nccc1NC(=O)[C@@H](C)N1CCC(CN2CCCCCC2)CC1. The van der Waals surface area contributed by atoms with E-state index < -0.39 is 0 Å². The molecule has 0 bridgehead atoms. The highest BCUT2D eigenvalue weighted by Crippen LogP contribution is 2.23. The first-order chi connectivity index (χ1) is 13.6. The number of carbonyl (C=O) groups is 1. The normalized spacial score (nSPS) is 22.5. The molecule has 6 nitrogen and oxygen atoms in total. The molecule has 2 saturated heterocycles. The Hall–Kier alpha value is -1.40. The molecule has 6 heteroatoms. The molecule has 0 saturated carbocycles. The molecule has 0 unspecified atom stereocenters. The Kier molecular flexibility index (Phi) is 7.91. The maximum atomic E-state index is 12.8. The van der Waals surface area contributed by atoms with E-state index in [1.807, 2.05) is 17.7 Å². The van der Waals surface area contributed by atoms with Crippen LogP contribution in [0.2, 0.25) is 0 Å². The number of hydrogen-bond acceptors (Lipinski definition) is 4. The number of anilines is 1. The number of likely N-dealkylation sites (tertiary alicyclic amines) is 2. The molecule has 1 aromatic heterocycles. The number of nitrogens with one attached hydrogen (secondary N) is 1. The van der Waals surface area contributed by atoms with Crippen molar-refractivity contribution in [1.29, 1.82) is 0 Å². The minimum absolute atomic E-state index is 0.0796. The molecule has 2 atom stereocenters. The van der Waals surface area contributed by atoms with Gasteiger partial charge in [-0.25, -0.2) is 4.68 Å². The van der Waals surface area contributed by atoms with Crippen molar-refractivity contribution in [2.24, 2.45) is 5.92 Å². The Bertz CT molecular complexity index is 600. The van der Waals surface area contributed by atoms with E-state index in [-0.39, 0.29) is 18.0 Å². The second-order valence-electron chi connectivity index (χ2n) is 8.78. The fourth-order valence-electron chi connectivity index (χ4n) is 4.54. The van der Waals surface area contributed by atoms with Gasteiger partial charge < -0.3 is 10.2 Å². The van der Waals surface area contributed by atoms with E-state index in [0.29, 0.717) is 0 Å². The van der Waals surface area contributed by atoms with E-state index in [0.717, 1.165) is 31.2 Å². The average Bonchev–Trinajstić information content (AvgIpc) is 3.02. The molecule has 0 aromatic carbocycles. The zero-order chi connectivity index (χ0) is 19.9. The van der Waals surface area contributed by atoms with Gasteiger partial charge in [-0.2, -0.15) is 5.10 Å². The summed E-state index contributed by atoms with van der Waals surface area (Å²) in [7, 11) is 0. The summed E-state index contributed by atoms with van der Waals surface area (Å²) in [6.45, 7) is 12.2. The van der Waals surface area contributed by atoms with Crippen molar-refractivity contribution in [1.82, 2.24) is 19.6 Å². The third-order valence-corrected chi connectivity index (χ3v) is 6.72. The summed E-state index contributed by atoms with van der Waals surface area (Å²) >= 11 is 0. The smallest absolute Gasteiger partial charge is 0.242 e. The van der Waals surface area contributed by atoms with Gasteiger partial charge in [-0.15, -0.1) is 0 Å². The van der Waals surface area contributed by atoms with Gasteiger partial charge in [-0.1, -0.05) is 19.8 Å². The molecule has 1 amide bonds. The molecular weight excluding hydrogens is 350 g/mol. The molecule has 2 aliphatic heterocycles. The van der Waals surface area contributed by atoms with Crippen molar-refractivity contribution in [2.75, 3.05) is 38.0 Å². The van der Waals surface area contributed by atoms with Gasteiger partial charge in [0.1, 0.15) is 5.82 Å². The lowest BCUT2D eigenvalue weighted by Gasteiger charge is -2.37. The third kappa shape index (κ3) is 5.57. The molecule has 2 fully saturated rings. The minimum Gasteiger partial charge on any atom is -0.310 e. The molecule has 0 spiro atoms. The van der Waals surface area contributed by atoms with Crippen molar-refractivity contribution in [3.8, 4) is 0 Å². The quantitative estimate of drug-likeness (QED) is 0.771. The van der Waals surface area contributed by atoms with Crippen LogP contribution in [0.1, 0.15) is 71.8 Å². The number of aromatic nitrogens is 2. The highest BCUT2D eigenvalue weighted by atomic mass is 16.2. The monoisotopic (exact) mass is 389 g/mol. The van der Waals surface area contributed by atoms with Gasteiger partial charge >= 0.3 is 0 Å². The maximum absolute atomic E-state index is 12.8. The van der Waals surface area contributed by atoms with E-state index in [1.165, 1.54) is 58.2 Å². The number of amides is 1. The second-order valence-corrected chi connectivity index (χ2v) is 8.78. The molecule has 3 rings (SSSR count). The summed E-state index contributed by atoms with van der Waals surface area (Å²) in [6, 6.07) is 2.08. The van der Waals surface area contributed by atoms with Crippen molar-refractivity contribution < 1.29 is 4.79 Å². The maximum Gasteiger partial charge on any atom is 0.242 e. The lowest BCUT2D eigenvalue weighted by atomic mass is 9.95. The summed E-state index contributed by atoms with van der Waals surface area (Å²) in [4.78, 5) is 17.8. The van der Waals surface area contributed by atoms with Crippen LogP contribution in [0, 0.1) is 5.92 Å². The fourth-order valence-corrected chi connectivity index (χ4v) is 4.54. The van der Waals surface area contributed by atoms with Gasteiger partial charge in [0.2, 0.25) is 5.91 Å². The van der Waals surface area contributed by atoms with E-state index in [9.17, 15) is 4.79 Å². The molecule has 3 heterocycles. The highest BCUT2D eigenvalue weighted by molar-refractivity contribution is 5.93. The van der Waals surface area contributed by atoms with Crippen LogP contribution >= 0.6 is 0 Å². The Morgan fingerprint density at radius 2 is 1.82 bits per heavy atom. The number of piperidine rings is 1. The highest BCUT2D eigenvalue weighted by Gasteiger charge is 2.28. The van der Waals surface area contributed by atoms with Crippen molar-refractivity contribution >= 4 is 11.7 Å². The molecule has 158 valence electrons. The number of rotatable bonds is 7. The van der Waals surface area contributed by atoms with Gasteiger partial charge in [-0.05, 0) is 78.0 Å². The summed E-state index contributed by atoms with van der Waals surface area (Å²) in [5, 5.41) is 7.47. The molecule has 1 aromatic rings. The van der Waals surface area contributed by atoms with E-state index in [4.69, 9.17) is 0 Å². The van der Waals surface area contributed by atoms with Crippen molar-refractivity contribution in [2.45, 2.75) is 77.8 Å². The largest absolute Gasteiger partial charge is 0.310 e. The second kappa shape index (κ2) is 10.4. The average molecular weight is 390 g/mol. The van der Waals surface area contributed by atoms with Gasteiger partial charge in [0.05, 0.1) is 18.3 Å². The van der Waals surface area contributed by atoms with Crippen LogP contribution in [0.4, 0.5) is 5.82 Å². The first-order valence-corrected chi connectivity index (χ1v) is 11.4. The van der Waals surface area contributed by atoms with Crippen molar-refractivity contribution in [3.63, 3.8) is 0 Å². The summed E-state index contributed by atoms with van der Waals surface area (Å²) in [6.07, 6.45) is 10.7. The molecule has 0 radical (unpaired) electrons. The van der Waals surface area contributed by atoms with E-state index >= 15 is 0 Å². The molecule has 28 heavy (non-hydrogen) atoms. The van der Waals surface area contributed by atoms with Crippen LogP contribution in [-0.4, -0.2) is 64.3 Å². The van der Waals surface area contributed by atoms with Gasteiger partial charge in [0, 0.05) is 12.6 Å². The number of carbonyl (C=O) groups excluding carboxylic acids is 1. The summed E-state index contributed by atoms with van der Waals surface area (Å²) in [5.74, 6) is 1.68. The number of hydrogen-bond donors (Lipinski definition) is 1. The predicted octanol–water partition coefficient (Wildman–Crippen LogP) is 3.77. The summed E-state index contributed by atoms with van der Waals surface area (Å²) < 4.78 is 1.91. The predicted molar refractivity (Wildman–Crippen MR) is 115 cm³/mol. The Labute approximate surface area is 170 Å². The van der Waals surface area contributed by atoms with Crippen LogP contribution in [0.5, 0.6) is 0 Å². The molecule has 1 N–H and O–H groups in total. The Balaban J connectivity index is 1.46. The standard InChI is InChI=1S/C22H39N5O/c1-4-18(2)27-21(9-12-23-27)24-22(28)19(3)26-15-10-20(11-16-26)17-25-13-7-5-6-8-14-25/h9,12,18-20H,4-8,10-11,13-17H2,1-3H3,(H,24,28)/t18-,19-/m1/s1. The first kappa shape index (κ1) is 21.3. The van der Waals surface area contributed by atoms with Crippen molar-refractivity contribution in [3.05, 3.63) is 12.3 Å². The first-order valence-electron chi connectivity index (χ1n) is 11.4. The Morgan fingerprint density at radius 3 is 2.46 bits per heavy atom. The van der Waals surface area contributed by atoms with Crippen LogP contribution in [-0.2, 0) is 4.79 Å². The lowest BCUT2D eigenvalue weighted by molar-refractivity contribution is -0.121. The lowest BCUT2D eigenvalue weighted by Crippen LogP contribution is -2.47. The van der Waals surface area contributed by atoms with Crippen LogP contribution < -0.4 is 5.32 Å². The molecule has 2 aliphatic rings. The zero-order valence-corrected chi connectivity index (χ0v) is 18.1. The van der Waals surface area contributed by atoms with Gasteiger partial charge in [-0.3, -0.25) is 9.69 Å². The topological polar surface area (TPSA) is 53.4 Å². The minimum atomic E-state index is -0.0978. The fraction of sp³-hybridized carbons (Fsp3) is 0.818. The number of nitrogens with zero attached hydrogens (tertiary/aromatic N) is 4. The third-order valence-electron chi connectivity index (χ3n) is 6.72. The molecular formula is C22H39N5O. The molecule has 0 aliphatic carbocycles. The zero-order valence-electron chi connectivity index (χ0n) is 18.1. The van der Waals surface area contributed by atoms with Crippen LogP contribution in [0.15, 0.2) is 12.3 Å². The van der Waals surface area contributed by atoms with Crippen LogP contribution in [0.3, 0.4) is 0 Å². The van der Waals surface area contributed by atoms with Crippen LogP contribution in [0.25, 0.3) is 0 Å². The van der Waals surface area contributed by atoms with Gasteiger partial charge in [0.25, 0.3) is 0 Å². The van der Waals surface area contributed by atoms with Gasteiger partial charge in [0.15, 0.2) is 0 Å². The summed E-state index contributed by atoms with van der Waals surface area (Å²) in [5.41, 5.74) is 0.